The van der Waals surface area contributed by atoms with Gasteiger partial charge in [0.15, 0.2) is 6.29 Å². The average Bonchev–Trinajstić information content (AvgIpc) is 3.18. The molecule has 7 N–H and O–H groups in total. The van der Waals surface area contributed by atoms with Gasteiger partial charge in [-0.05, 0) is 55.8 Å². The number of ether oxygens (including phenoxy) is 2. The van der Waals surface area contributed by atoms with Crippen molar-refractivity contribution in [3.05, 3.63) is 11.6 Å². The van der Waals surface area contributed by atoms with E-state index in [1.165, 1.54) is 77.0 Å². The molecule has 5 unspecified atom stereocenters. The Kier molecular flexibility index (Phi) is 23.5. The minimum atomic E-state index is -4.63. The smallest absolute Gasteiger partial charge is 0.394 e. The number of allylic oxidation sites excluding steroid dienone is 2. The molecule has 0 radical (unpaired) electrons. The molecule has 1 saturated carbocycles. The second kappa shape index (κ2) is 26.5. The molecule has 1 aliphatic heterocycles. The summed E-state index contributed by atoms with van der Waals surface area (Å²) < 4.78 is 54.2. The van der Waals surface area contributed by atoms with E-state index in [9.17, 15) is 43.8 Å². The highest BCUT2D eigenvalue weighted by molar-refractivity contribution is 5.23. The maximum Gasteiger partial charge on any atom is 0.403 e. The Labute approximate surface area is 342 Å². The van der Waals surface area contributed by atoms with Crippen LogP contribution in [0.25, 0.3) is 0 Å². The van der Waals surface area contributed by atoms with Crippen molar-refractivity contribution >= 4 is 0 Å². The van der Waals surface area contributed by atoms with E-state index < -0.39 is 74.4 Å². The molecule has 12 heteroatoms. The Balaban J connectivity index is 1.43. The maximum absolute atomic E-state index is 14.4. The van der Waals surface area contributed by atoms with Crippen LogP contribution in [-0.2, 0) is 9.47 Å². The summed E-state index contributed by atoms with van der Waals surface area (Å²) in [6.45, 7) is 5.73. The van der Waals surface area contributed by atoms with Gasteiger partial charge in [0.2, 0.25) is 0 Å². The number of rotatable bonds is 32. The number of unbranched alkanes of at least 4 members (excludes halogenated alkanes) is 18. The third-order valence-corrected chi connectivity index (χ3v) is 13.5. The SMILES string of the molecule is CCCCCCCCCCCCCC[C@@H](O)[C@@H](O)[C@H](COC1OC(CO)C(O)C(O)C1O)N[C@@H](CCCCCCCCCCC1=CC[C@H]2C[C@@H]1C2(C)C)C(F)(F)F. The molecule has 1 saturated heterocycles. The second-order valence-electron chi connectivity index (χ2n) is 18.3. The summed E-state index contributed by atoms with van der Waals surface area (Å²) in [5.41, 5.74) is 2.11. The Bertz CT molecular complexity index is 1090. The van der Waals surface area contributed by atoms with Crippen LogP contribution < -0.4 is 5.32 Å². The highest BCUT2D eigenvalue weighted by atomic mass is 19.4. The van der Waals surface area contributed by atoms with Crippen molar-refractivity contribution in [2.45, 2.75) is 242 Å². The fraction of sp³-hybridized carbons (Fsp3) is 0.956. The summed E-state index contributed by atoms with van der Waals surface area (Å²) in [7, 11) is 0. The van der Waals surface area contributed by atoms with Crippen molar-refractivity contribution in [1.29, 1.82) is 0 Å². The Hall–Kier alpha value is -0.830. The van der Waals surface area contributed by atoms with Gasteiger partial charge < -0.3 is 40.1 Å². The van der Waals surface area contributed by atoms with Gasteiger partial charge in [0.25, 0.3) is 0 Å². The van der Waals surface area contributed by atoms with Crippen LogP contribution >= 0.6 is 0 Å². The van der Waals surface area contributed by atoms with Crippen LogP contribution in [0.5, 0.6) is 0 Å². The number of aliphatic hydroxyl groups excluding tert-OH is 6. The molecule has 2 bridgehead atoms. The molecule has 0 spiro atoms. The first-order valence-electron chi connectivity index (χ1n) is 23.0. The summed E-state index contributed by atoms with van der Waals surface area (Å²) in [5.74, 6) is 1.61. The van der Waals surface area contributed by atoms with Crippen LogP contribution in [0.2, 0.25) is 0 Å². The highest BCUT2D eigenvalue weighted by Gasteiger charge is 2.51. The number of nitrogens with one attached hydrogen (secondary N) is 1. The van der Waals surface area contributed by atoms with Crippen LogP contribution in [0, 0.1) is 17.3 Å². The van der Waals surface area contributed by atoms with Crippen molar-refractivity contribution in [3.63, 3.8) is 0 Å². The largest absolute Gasteiger partial charge is 0.403 e. The van der Waals surface area contributed by atoms with Gasteiger partial charge in [0, 0.05) is 0 Å². The van der Waals surface area contributed by atoms with Gasteiger partial charge in [0.05, 0.1) is 31.5 Å². The lowest BCUT2D eigenvalue weighted by Crippen LogP contribution is -2.61. The van der Waals surface area contributed by atoms with Crippen molar-refractivity contribution in [2.75, 3.05) is 13.2 Å². The van der Waals surface area contributed by atoms with Gasteiger partial charge in [-0.2, -0.15) is 13.2 Å². The first-order chi connectivity index (χ1) is 27.2. The Morgan fingerprint density at radius 1 is 0.772 bits per heavy atom. The summed E-state index contributed by atoms with van der Waals surface area (Å²) >= 11 is 0. The van der Waals surface area contributed by atoms with Gasteiger partial charge in [-0.15, -0.1) is 0 Å². The number of aliphatic hydroxyl groups is 6. The summed E-state index contributed by atoms with van der Waals surface area (Å²) in [6, 6.07) is -3.36. The minimum absolute atomic E-state index is 0.199. The van der Waals surface area contributed by atoms with E-state index in [2.05, 4.69) is 32.2 Å². The van der Waals surface area contributed by atoms with E-state index in [0.29, 0.717) is 24.7 Å². The van der Waals surface area contributed by atoms with Crippen LogP contribution in [0.4, 0.5) is 13.2 Å². The fourth-order valence-electron chi connectivity index (χ4n) is 9.38. The molecule has 0 aromatic rings. The molecule has 3 aliphatic carbocycles. The van der Waals surface area contributed by atoms with Gasteiger partial charge in [-0.3, -0.25) is 5.32 Å². The van der Waals surface area contributed by atoms with Gasteiger partial charge in [-0.1, -0.05) is 154 Å². The minimum Gasteiger partial charge on any atom is -0.394 e. The average molecular weight is 822 g/mol. The second-order valence-corrected chi connectivity index (χ2v) is 18.3. The van der Waals surface area contributed by atoms with Crippen molar-refractivity contribution < 1.29 is 53.3 Å². The summed E-state index contributed by atoms with van der Waals surface area (Å²) in [5, 5.41) is 65.0. The normalized spacial score (nSPS) is 28.1. The molecule has 57 heavy (non-hydrogen) atoms. The standard InChI is InChI=1S/C45H82F3NO8/c1-4-5-6-7-8-9-10-11-12-16-19-22-25-36(51)39(52)35(31-56-43-42(55)41(54)40(53)37(30-50)57-43)49-38(45(46,47)48)26-23-20-17-14-13-15-18-21-24-32-27-28-33-29-34(32)44(33,2)3/h27,33-43,49-55H,4-26,28-31H2,1-3H3/t33-,34-,35-,36+,37?,38-,39-,40?,41?,42?,43?/m0/s1. The molecule has 2 fully saturated rings. The zero-order chi connectivity index (χ0) is 41.8. The van der Waals surface area contributed by atoms with Gasteiger partial charge >= 0.3 is 6.18 Å². The van der Waals surface area contributed by atoms with E-state index in [4.69, 9.17) is 9.47 Å². The molecular weight excluding hydrogens is 739 g/mol. The van der Waals surface area contributed by atoms with E-state index in [0.717, 1.165) is 63.2 Å². The topological polar surface area (TPSA) is 152 Å². The molecule has 11 atom stereocenters. The molecule has 4 aliphatic rings. The van der Waals surface area contributed by atoms with Crippen LogP contribution in [0.1, 0.15) is 181 Å². The van der Waals surface area contributed by atoms with Gasteiger partial charge in [0.1, 0.15) is 30.5 Å². The number of alkyl halides is 3. The zero-order valence-corrected chi connectivity index (χ0v) is 35.7. The fourth-order valence-corrected chi connectivity index (χ4v) is 9.38. The monoisotopic (exact) mass is 822 g/mol. The lowest BCUT2D eigenvalue weighted by atomic mass is 9.48. The predicted molar refractivity (Wildman–Crippen MR) is 218 cm³/mol. The number of halogens is 3. The summed E-state index contributed by atoms with van der Waals surface area (Å²) in [4.78, 5) is 0. The van der Waals surface area contributed by atoms with Gasteiger partial charge in [-0.25, -0.2) is 0 Å². The molecule has 1 heterocycles. The van der Waals surface area contributed by atoms with E-state index in [-0.39, 0.29) is 12.8 Å². The van der Waals surface area contributed by atoms with Crippen molar-refractivity contribution in [1.82, 2.24) is 5.32 Å². The summed E-state index contributed by atoms with van der Waals surface area (Å²) in [6.07, 6.45) is 11.6. The number of fused-ring (bicyclic) bond motifs is 1. The number of hydrogen-bond acceptors (Lipinski definition) is 9. The van der Waals surface area contributed by atoms with Crippen LogP contribution in [0.15, 0.2) is 11.6 Å². The molecule has 0 aromatic carbocycles. The first-order valence-corrected chi connectivity index (χ1v) is 23.0. The molecule has 4 rings (SSSR count). The Morgan fingerprint density at radius 2 is 1.30 bits per heavy atom. The molecule has 0 aromatic heterocycles. The molecule has 336 valence electrons. The zero-order valence-electron chi connectivity index (χ0n) is 35.7. The lowest BCUT2D eigenvalue weighted by molar-refractivity contribution is -0.303. The highest BCUT2D eigenvalue weighted by Crippen LogP contribution is 2.60. The predicted octanol–water partition coefficient (Wildman–Crippen LogP) is 8.40. The molecular formula is C45H82F3NO8. The third-order valence-electron chi connectivity index (χ3n) is 13.5. The maximum atomic E-state index is 14.4. The van der Waals surface area contributed by atoms with E-state index in [1.54, 1.807) is 5.57 Å². The van der Waals surface area contributed by atoms with E-state index in [1.807, 2.05) is 0 Å². The first kappa shape index (κ1) is 50.5. The Morgan fingerprint density at radius 3 is 1.81 bits per heavy atom. The van der Waals surface area contributed by atoms with Crippen molar-refractivity contribution in [2.24, 2.45) is 17.3 Å². The van der Waals surface area contributed by atoms with E-state index >= 15 is 0 Å². The quantitative estimate of drug-likeness (QED) is 0.0262. The third kappa shape index (κ3) is 16.9. The van der Waals surface area contributed by atoms with Crippen LogP contribution in [-0.4, -0.2) is 105 Å². The van der Waals surface area contributed by atoms with Crippen molar-refractivity contribution in [3.8, 4) is 0 Å². The lowest BCUT2D eigenvalue weighted by Gasteiger charge is -2.56. The van der Waals surface area contributed by atoms with Crippen LogP contribution in [0.3, 0.4) is 0 Å². The number of hydrogen-bond donors (Lipinski definition) is 7. The molecule has 9 nitrogen and oxygen atoms in total. The molecule has 0 amide bonds.